The molecule has 0 aromatic carbocycles. The van der Waals surface area contributed by atoms with Crippen molar-refractivity contribution in [1.29, 1.82) is 0 Å². The molecule has 2 fully saturated rings. The summed E-state index contributed by atoms with van der Waals surface area (Å²) in [4.78, 5) is 13.5. The first kappa shape index (κ1) is 15.7. The third-order valence-electron chi connectivity index (χ3n) is 4.16. The lowest BCUT2D eigenvalue weighted by Crippen LogP contribution is -2.44. The molecule has 0 aromatic rings. The van der Waals surface area contributed by atoms with Gasteiger partial charge < -0.3 is 4.90 Å². The number of carbonyl (C=O) groups excluding carboxylic acids is 1. The Morgan fingerprint density at radius 3 is 2.15 bits per heavy atom. The Bertz CT molecular complexity index is 442. The summed E-state index contributed by atoms with van der Waals surface area (Å²) in [5.74, 6) is -0.162. The number of hydrogen-bond donors (Lipinski definition) is 0. The summed E-state index contributed by atoms with van der Waals surface area (Å²) in [6, 6.07) is 0. The van der Waals surface area contributed by atoms with Gasteiger partial charge in [-0.15, -0.1) is 0 Å². The van der Waals surface area contributed by atoms with E-state index in [0.717, 1.165) is 25.7 Å². The number of hydrogen-bond acceptors (Lipinski definition) is 3. The molecule has 6 nitrogen and oxygen atoms in total. The Hall–Kier alpha value is -0.660. The summed E-state index contributed by atoms with van der Waals surface area (Å²) in [6.07, 6.45) is 4.71. The molecule has 1 unspecified atom stereocenters. The Morgan fingerprint density at radius 1 is 1.00 bits per heavy atom. The summed E-state index contributed by atoms with van der Waals surface area (Å²) in [5.41, 5.74) is 0. The van der Waals surface area contributed by atoms with E-state index >= 15 is 0 Å². The van der Waals surface area contributed by atoms with Crippen LogP contribution in [0.1, 0.15) is 32.1 Å². The lowest BCUT2D eigenvalue weighted by molar-refractivity contribution is -0.132. The predicted molar refractivity (Wildman–Crippen MR) is 77.3 cm³/mol. The van der Waals surface area contributed by atoms with Gasteiger partial charge >= 0.3 is 0 Å². The molecule has 2 heterocycles. The van der Waals surface area contributed by atoms with Crippen LogP contribution < -0.4 is 0 Å². The van der Waals surface area contributed by atoms with Crippen molar-refractivity contribution in [2.24, 2.45) is 5.92 Å². The highest BCUT2D eigenvalue weighted by Gasteiger charge is 2.38. The van der Waals surface area contributed by atoms with Crippen molar-refractivity contribution >= 4 is 16.1 Å². The van der Waals surface area contributed by atoms with Crippen LogP contribution in [0.25, 0.3) is 0 Å². The average Bonchev–Trinajstić information content (AvgIpc) is 2.73. The van der Waals surface area contributed by atoms with Crippen LogP contribution in [0, 0.1) is 5.92 Å². The number of nitrogens with zero attached hydrogens (tertiary/aromatic N) is 3. The fourth-order valence-corrected chi connectivity index (χ4v) is 4.69. The van der Waals surface area contributed by atoms with E-state index in [4.69, 9.17) is 0 Å². The Morgan fingerprint density at radius 2 is 1.60 bits per heavy atom. The molecule has 2 aliphatic rings. The Kier molecular flexibility index (Phi) is 5.04. The molecule has 0 bridgehead atoms. The van der Waals surface area contributed by atoms with Gasteiger partial charge in [-0.2, -0.15) is 17.0 Å². The summed E-state index contributed by atoms with van der Waals surface area (Å²) in [7, 11) is 0.0518. The molecule has 0 aromatic heterocycles. The second-order valence-corrected chi connectivity index (χ2v) is 7.83. The highest BCUT2D eigenvalue weighted by Crippen LogP contribution is 2.24. The molecule has 1 atom stereocenters. The van der Waals surface area contributed by atoms with E-state index in [1.54, 1.807) is 23.3 Å². The molecule has 0 saturated carbocycles. The van der Waals surface area contributed by atoms with E-state index < -0.39 is 10.2 Å². The van der Waals surface area contributed by atoms with E-state index in [-0.39, 0.29) is 11.8 Å². The first-order chi connectivity index (χ1) is 9.43. The molecule has 2 rings (SSSR count). The molecule has 0 spiro atoms. The average molecular weight is 303 g/mol. The van der Waals surface area contributed by atoms with E-state index in [0.29, 0.717) is 32.6 Å². The van der Waals surface area contributed by atoms with Crippen molar-refractivity contribution in [3.63, 3.8) is 0 Å². The molecule has 2 aliphatic heterocycles. The van der Waals surface area contributed by atoms with Gasteiger partial charge in [0.05, 0.1) is 5.92 Å². The van der Waals surface area contributed by atoms with Crippen molar-refractivity contribution in [2.45, 2.75) is 32.1 Å². The zero-order chi connectivity index (χ0) is 14.8. The fraction of sp³-hybridized carbons (Fsp3) is 0.923. The molecule has 0 N–H and O–H groups in total. The summed E-state index contributed by atoms with van der Waals surface area (Å²) < 4.78 is 28.3. The monoisotopic (exact) mass is 303 g/mol. The molecule has 116 valence electrons. The zero-order valence-corrected chi connectivity index (χ0v) is 13.2. The van der Waals surface area contributed by atoms with Gasteiger partial charge in [0.25, 0.3) is 10.2 Å². The van der Waals surface area contributed by atoms with Crippen LogP contribution in [0.3, 0.4) is 0 Å². The van der Waals surface area contributed by atoms with E-state index in [9.17, 15) is 13.2 Å². The molecular weight excluding hydrogens is 278 g/mol. The molecule has 2 saturated heterocycles. The normalized spacial score (nSPS) is 26.4. The quantitative estimate of drug-likeness (QED) is 0.763. The van der Waals surface area contributed by atoms with Gasteiger partial charge in [-0.1, -0.05) is 12.8 Å². The highest BCUT2D eigenvalue weighted by molar-refractivity contribution is 7.86. The second-order valence-electron chi connectivity index (χ2n) is 5.90. The Balaban J connectivity index is 2.02. The van der Waals surface area contributed by atoms with Gasteiger partial charge in [0, 0.05) is 40.3 Å². The van der Waals surface area contributed by atoms with Crippen LogP contribution >= 0.6 is 0 Å². The van der Waals surface area contributed by atoms with Crippen molar-refractivity contribution in [3.05, 3.63) is 0 Å². The first-order valence-corrected chi connectivity index (χ1v) is 8.79. The van der Waals surface area contributed by atoms with Gasteiger partial charge in [0.2, 0.25) is 5.91 Å². The fourth-order valence-electron chi connectivity index (χ4n) is 2.94. The lowest BCUT2D eigenvalue weighted by Gasteiger charge is -2.26. The number of carbonyl (C=O) groups is 1. The van der Waals surface area contributed by atoms with E-state index in [2.05, 4.69) is 0 Å². The van der Waals surface area contributed by atoms with Gasteiger partial charge in [-0.05, 0) is 19.3 Å². The minimum Gasteiger partial charge on any atom is -0.349 e. The van der Waals surface area contributed by atoms with Crippen LogP contribution in [0.2, 0.25) is 0 Å². The van der Waals surface area contributed by atoms with Crippen LogP contribution in [-0.2, 0) is 15.0 Å². The van der Waals surface area contributed by atoms with Gasteiger partial charge in [0.1, 0.15) is 0 Å². The van der Waals surface area contributed by atoms with Crippen LogP contribution in [0.5, 0.6) is 0 Å². The number of rotatable bonds is 3. The maximum absolute atomic E-state index is 12.6. The second kappa shape index (κ2) is 6.41. The third kappa shape index (κ3) is 3.32. The first-order valence-electron chi connectivity index (χ1n) is 7.39. The minimum atomic E-state index is -3.38. The van der Waals surface area contributed by atoms with Crippen molar-refractivity contribution in [1.82, 2.24) is 13.5 Å². The smallest absolute Gasteiger partial charge is 0.281 e. The van der Waals surface area contributed by atoms with Crippen molar-refractivity contribution < 1.29 is 13.2 Å². The van der Waals surface area contributed by atoms with E-state index in [1.165, 1.54) is 4.31 Å². The lowest BCUT2D eigenvalue weighted by atomic mass is 10.1. The van der Waals surface area contributed by atoms with Crippen LogP contribution in [0.4, 0.5) is 0 Å². The summed E-state index contributed by atoms with van der Waals surface area (Å²) in [5, 5.41) is 0. The molecule has 7 heteroatoms. The predicted octanol–water partition coefficient (Wildman–Crippen LogP) is 0.517. The Labute approximate surface area is 121 Å². The SMILES string of the molecule is CN(C)C(=O)C1CCN(S(=O)(=O)N2CCCCCC2)C1. The molecule has 0 radical (unpaired) electrons. The maximum atomic E-state index is 12.6. The largest absolute Gasteiger partial charge is 0.349 e. The topological polar surface area (TPSA) is 60.9 Å². The van der Waals surface area contributed by atoms with Crippen molar-refractivity contribution in [3.8, 4) is 0 Å². The summed E-state index contributed by atoms with van der Waals surface area (Å²) >= 11 is 0. The van der Waals surface area contributed by atoms with Crippen LogP contribution in [0.15, 0.2) is 0 Å². The van der Waals surface area contributed by atoms with Crippen LogP contribution in [-0.4, -0.2) is 68.1 Å². The third-order valence-corrected chi connectivity index (χ3v) is 6.16. The molecule has 0 aliphatic carbocycles. The van der Waals surface area contributed by atoms with Gasteiger partial charge in [-0.3, -0.25) is 4.79 Å². The summed E-state index contributed by atoms with van der Waals surface area (Å²) in [6.45, 7) is 2.02. The highest BCUT2D eigenvalue weighted by atomic mass is 32.2. The maximum Gasteiger partial charge on any atom is 0.281 e. The van der Waals surface area contributed by atoms with Gasteiger partial charge in [0.15, 0.2) is 0 Å². The molecular formula is C13H25N3O3S. The standard InChI is InChI=1S/C13H25N3O3S/c1-14(2)13(17)12-7-10-16(11-12)20(18,19)15-8-5-3-4-6-9-15/h12H,3-11H2,1-2H3. The van der Waals surface area contributed by atoms with E-state index in [1.807, 2.05) is 0 Å². The molecule has 20 heavy (non-hydrogen) atoms. The zero-order valence-electron chi connectivity index (χ0n) is 12.4. The molecule has 1 amide bonds. The number of amides is 1. The minimum absolute atomic E-state index is 0.0265. The van der Waals surface area contributed by atoms with Crippen molar-refractivity contribution in [2.75, 3.05) is 40.3 Å². The van der Waals surface area contributed by atoms with Gasteiger partial charge in [-0.25, -0.2) is 0 Å².